The fourth-order valence-electron chi connectivity index (χ4n) is 0.654. The van der Waals surface area contributed by atoms with Crippen LogP contribution in [0.4, 0.5) is 0 Å². The van der Waals surface area contributed by atoms with Crippen molar-refractivity contribution in [2.24, 2.45) is 0 Å². The van der Waals surface area contributed by atoms with Crippen LogP contribution >= 0.6 is 20.7 Å². The molecule has 0 nitrogen and oxygen atoms in total. The van der Waals surface area contributed by atoms with Gasteiger partial charge in [0.15, 0.2) is 0 Å². The van der Waals surface area contributed by atoms with Crippen LogP contribution < -0.4 is 0 Å². The quantitative estimate of drug-likeness (QED) is 0.703. The van der Waals surface area contributed by atoms with Gasteiger partial charge in [-0.15, -0.1) is 0 Å². The average molecular weight is 246 g/mol. The number of hydrogen-bond acceptors (Lipinski definition) is 0. The summed E-state index contributed by atoms with van der Waals surface area (Å²) >= 11 is 0.202. The van der Waals surface area contributed by atoms with Crippen LogP contribution in [0.25, 0.3) is 0 Å². The van der Waals surface area contributed by atoms with Crippen LogP contribution in [0.1, 0.15) is 13.3 Å². The Bertz CT molecular complexity index is 201. The molecule has 10 heavy (non-hydrogen) atoms. The highest BCUT2D eigenvalue weighted by atomic mass is 127. The largest absolute Gasteiger partial charge is 0.0901 e. The first-order chi connectivity index (χ1) is 4.93. The highest BCUT2D eigenvalue weighted by Crippen LogP contribution is 2.09. The van der Waals surface area contributed by atoms with Crippen LogP contribution in [0.3, 0.4) is 0 Å². The van der Waals surface area contributed by atoms with E-state index in [0.717, 1.165) is 0 Å². The molecule has 0 saturated carbocycles. The average Bonchev–Trinajstić information content (AvgIpc) is 2.03. The lowest BCUT2D eigenvalue weighted by Gasteiger charge is -1.87. The molecule has 1 aromatic rings. The van der Waals surface area contributed by atoms with Crippen molar-refractivity contribution < 1.29 is 0 Å². The summed E-state index contributed by atoms with van der Waals surface area (Å²) in [4.78, 5) is 0. The summed E-state index contributed by atoms with van der Waals surface area (Å²) in [6.45, 7) is 2.20. The third-order valence-electron chi connectivity index (χ3n) is 1.09. The summed E-state index contributed by atoms with van der Waals surface area (Å²) in [5.41, 5.74) is 0. The third kappa shape index (κ3) is 2.60. The first-order valence-electron chi connectivity index (χ1n) is 3.43. The lowest BCUT2D eigenvalue weighted by atomic mass is 10.4. The summed E-state index contributed by atoms with van der Waals surface area (Å²) < 4.78 is 3.91. The van der Waals surface area contributed by atoms with Crippen molar-refractivity contribution in [2.75, 3.05) is 0 Å². The highest BCUT2D eigenvalue weighted by molar-refractivity contribution is 14.2. The van der Waals surface area contributed by atoms with Crippen molar-refractivity contribution in [1.82, 2.24) is 0 Å². The normalized spacial score (nSPS) is 11.3. The molecule has 54 valence electrons. The highest BCUT2D eigenvalue weighted by Gasteiger charge is 1.79. The first-order valence-corrected chi connectivity index (χ1v) is 5.76. The van der Waals surface area contributed by atoms with Gasteiger partial charge >= 0.3 is 0 Å². The first kappa shape index (κ1) is 7.92. The van der Waals surface area contributed by atoms with E-state index in [-0.39, 0.29) is 20.7 Å². The van der Waals surface area contributed by atoms with E-state index < -0.39 is 0 Å². The Hall–Kier alpha value is -0.180. The lowest BCUT2D eigenvalue weighted by Crippen LogP contribution is -1.67. The number of halogens is 1. The molecule has 0 aromatic heterocycles. The molecule has 0 aliphatic rings. The molecule has 1 heteroatoms. The summed E-state index contributed by atoms with van der Waals surface area (Å²) in [6, 6.07) is 10.7. The van der Waals surface area contributed by atoms with Crippen molar-refractivity contribution in [1.29, 1.82) is 0 Å². The second kappa shape index (κ2) is 4.61. The molecule has 0 aliphatic heterocycles. The van der Waals surface area contributed by atoms with Crippen molar-refractivity contribution >= 4 is 24.7 Å². The van der Waals surface area contributed by atoms with E-state index >= 15 is 0 Å². The van der Waals surface area contributed by atoms with Gasteiger partial charge in [0.05, 0.1) is 0 Å². The summed E-state index contributed by atoms with van der Waals surface area (Å²) in [5, 5.41) is 0. The second-order valence-electron chi connectivity index (χ2n) is 1.97. The lowest BCUT2D eigenvalue weighted by molar-refractivity contribution is 1.36. The van der Waals surface area contributed by atoms with Gasteiger partial charge in [0.25, 0.3) is 0 Å². The monoisotopic (exact) mass is 246 g/mol. The fraction of sp³-hybridized carbons (Fsp3) is 0.222. The minimum Gasteiger partial charge on any atom is -0.0901 e. The summed E-state index contributed by atoms with van der Waals surface area (Å²) in [5.74, 6) is 0. The summed E-state index contributed by atoms with van der Waals surface area (Å²) in [6.07, 6.45) is 1.21. The van der Waals surface area contributed by atoms with Gasteiger partial charge in [-0.25, -0.2) is 0 Å². The van der Waals surface area contributed by atoms with Gasteiger partial charge in [0, 0.05) is 3.57 Å². The molecule has 0 radical (unpaired) electrons. The zero-order chi connectivity index (χ0) is 7.23. The van der Waals surface area contributed by atoms with Gasteiger partial charge in [-0.1, -0.05) is 49.9 Å². The van der Waals surface area contributed by atoms with Crippen LogP contribution in [0.2, 0.25) is 0 Å². The molecule has 0 fully saturated rings. The maximum Gasteiger partial charge on any atom is 0.00741 e. The smallest absolute Gasteiger partial charge is 0.00741 e. The zero-order valence-corrected chi connectivity index (χ0v) is 8.21. The van der Waals surface area contributed by atoms with E-state index in [1.807, 2.05) is 0 Å². The van der Waals surface area contributed by atoms with E-state index in [1.165, 1.54) is 9.99 Å². The van der Waals surface area contributed by atoms with Crippen molar-refractivity contribution in [3.63, 3.8) is 0 Å². The van der Waals surface area contributed by atoms with Gasteiger partial charge in [0.1, 0.15) is 0 Å². The molecule has 0 N–H and O–H groups in total. The van der Waals surface area contributed by atoms with Gasteiger partial charge in [0.2, 0.25) is 0 Å². The minimum atomic E-state index is 0.202. The SMILES string of the molecule is CCC=Ic1ccccc1. The second-order valence-corrected chi connectivity index (χ2v) is 4.72. The van der Waals surface area contributed by atoms with Crippen molar-refractivity contribution in [3.05, 3.63) is 33.9 Å². The Labute approximate surface area is 72.0 Å². The van der Waals surface area contributed by atoms with Crippen LogP contribution in [0.5, 0.6) is 0 Å². The fourth-order valence-corrected chi connectivity index (χ4v) is 2.43. The van der Waals surface area contributed by atoms with Gasteiger partial charge in [-0.2, -0.15) is 0 Å². The number of rotatable bonds is 2. The van der Waals surface area contributed by atoms with Crippen LogP contribution in [-0.4, -0.2) is 4.01 Å². The zero-order valence-electron chi connectivity index (χ0n) is 6.05. The Balaban J connectivity index is 2.67. The van der Waals surface area contributed by atoms with Gasteiger partial charge < -0.3 is 0 Å². The minimum absolute atomic E-state index is 0.202. The molecule has 0 atom stereocenters. The van der Waals surface area contributed by atoms with Gasteiger partial charge in [-0.3, -0.25) is 0 Å². The summed E-state index contributed by atoms with van der Waals surface area (Å²) in [7, 11) is 0. The molecule has 0 unspecified atom stereocenters. The Kier molecular flexibility index (Phi) is 3.65. The maximum atomic E-state index is 2.40. The van der Waals surface area contributed by atoms with E-state index in [4.69, 9.17) is 0 Å². The van der Waals surface area contributed by atoms with Crippen LogP contribution in [0.15, 0.2) is 30.3 Å². The molecule has 0 amide bonds. The molecule has 0 bridgehead atoms. The van der Waals surface area contributed by atoms with Gasteiger partial charge in [-0.05, 0) is 18.6 Å². The Morgan fingerprint density at radius 3 is 2.60 bits per heavy atom. The maximum absolute atomic E-state index is 2.40. The molecule has 0 saturated heterocycles. The molecule has 1 aromatic carbocycles. The van der Waals surface area contributed by atoms with E-state index in [1.54, 1.807) is 0 Å². The predicted molar refractivity (Wildman–Crippen MR) is 55.5 cm³/mol. The molecule has 1 rings (SSSR count). The van der Waals surface area contributed by atoms with Crippen LogP contribution in [0, 0.1) is 3.57 Å². The molecular weight excluding hydrogens is 235 g/mol. The standard InChI is InChI=1S/C9H11I/c1-2-8-10-9-6-4-3-5-7-9/h3-8H,2H2,1H3. The van der Waals surface area contributed by atoms with E-state index in [9.17, 15) is 0 Å². The van der Waals surface area contributed by atoms with Crippen LogP contribution in [-0.2, 0) is 0 Å². The molecule has 0 heterocycles. The molecule has 0 spiro atoms. The Morgan fingerprint density at radius 2 is 2.00 bits per heavy atom. The van der Waals surface area contributed by atoms with E-state index in [0.29, 0.717) is 0 Å². The number of benzene rings is 1. The molecular formula is C9H11I. The number of hydrogen-bond donors (Lipinski definition) is 0. The topological polar surface area (TPSA) is 0 Å². The van der Waals surface area contributed by atoms with Crippen molar-refractivity contribution in [2.45, 2.75) is 13.3 Å². The Morgan fingerprint density at radius 1 is 1.30 bits per heavy atom. The van der Waals surface area contributed by atoms with Crippen molar-refractivity contribution in [3.8, 4) is 0 Å². The van der Waals surface area contributed by atoms with E-state index in [2.05, 4.69) is 41.3 Å². The predicted octanol–water partition coefficient (Wildman–Crippen LogP) is 3.04. The molecule has 0 aliphatic carbocycles. The third-order valence-corrected chi connectivity index (χ3v) is 3.85.